The molecule has 5 heteroatoms. The Labute approximate surface area is 147 Å². The topological polar surface area (TPSA) is 61.2 Å². The fourth-order valence-electron chi connectivity index (χ4n) is 2.51. The minimum Gasteiger partial charge on any atom is -0.262 e. The number of sulfonamides is 1. The predicted octanol–water partition coefficient (Wildman–Crippen LogP) is 3.95. The Hall–Kier alpha value is -3.10. The zero-order valence-corrected chi connectivity index (χ0v) is 14.2. The zero-order valence-electron chi connectivity index (χ0n) is 13.4. The Balaban J connectivity index is 2.08. The number of hydrogen-bond donors (Lipinski definition) is 0. The van der Waals surface area contributed by atoms with Gasteiger partial charge in [0.15, 0.2) is 0 Å². The van der Waals surface area contributed by atoms with Crippen LogP contribution in [0.15, 0.2) is 89.8 Å². The van der Waals surface area contributed by atoms with Crippen molar-refractivity contribution in [2.45, 2.75) is 11.4 Å². The van der Waals surface area contributed by atoms with Gasteiger partial charge in [0.2, 0.25) is 0 Å². The number of hydrogen-bond acceptors (Lipinski definition) is 3. The molecule has 25 heavy (non-hydrogen) atoms. The van der Waals surface area contributed by atoms with Gasteiger partial charge in [-0.3, -0.25) is 4.31 Å². The number of benzene rings is 3. The predicted molar refractivity (Wildman–Crippen MR) is 97.4 cm³/mol. The molecule has 0 heterocycles. The van der Waals surface area contributed by atoms with Crippen molar-refractivity contribution in [1.82, 2.24) is 0 Å². The summed E-state index contributed by atoms with van der Waals surface area (Å²) in [4.78, 5) is 0.103. The van der Waals surface area contributed by atoms with Gasteiger partial charge in [-0.2, -0.15) is 5.26 Å². The third kappa shape index (κ3) is 3.70. The fourth-order valence-corrected chi connectivity index (χ4v) is 4.01. The highest BCUT2D eigenvalue weighted by Gasteiger charge is 2.25. The van der Waals surface area contributed by atoms with Gasteiger partial charge in [0, 0.05) is 0 Å². The maximum atomic E-state index is 13.2. The lowest BCUT2D eigenvalue weighted by Gasteiger charge is -2.24. The number of anilines is 1. The van der Waals surface area contributed by atoms with Gasteiger partial charge in [-0.1, -0.05) is 54.6 Å². The van der Waals surface area contributed by atoms with Crippen LogP contribution < -0.4 is 4.31 Å². The molecule has 0 spiro atoms. The van der Waals surface area contributed by atoms with Crippen LogP contribution in [0.3, 0.4) is 0 Å². The van der Waals surface area contributed by atoms with E-state index in [1.54, 1.807) is 36.4 Å². The number of rotatable bonds is 5. The Bertz CT molecular complexity index is 995. The molecule has 0 saturated heterocycles. The molecular weight excluding hydrogens is 332 g/mol. The molecule has 3 aromatic carbocycles. The highest BCUT2D eigenvalue weighted by atomic mass is 32.2. The van der Waals surface area contributed by atoms with Crippen molar-refractivity contribution in [2.24, 2.45) is 0 Å². The molecular formula is C20H16N2O2S. The van der Waals surface area contributed by atoms with E-state index in [-0.39, 0.29) is 11.4 Å². The first-order valence-electron chi connectivity index (χ1n) is 7.73. The summed E-state index contributed by atoms with van der Waals surface area (Å²) in [7, 11) is -3.80. The number of nitriles is 1. The minimum atomic E-state index is -3.80. The van der Waals surface area contributed by atoms with Crippen LogP contribution in [0.1, 0.15) is 11.1 Å². The second-order valence-corrected chi connectivity index (χ2v) is 7.33. The summed E-state index contributed by atoms with van der Waals surface area (Å²) >= 11 is 0. The van der Waals surface area contributed by atoms with Gasteiger partial charge in [0.1, 0.15) is 0 Å². The van der Waals surface area contributed by atoms with Crippen molar-refractivity contribution in [3.63, 3.8) is 0 Å². The second kappa shape index (κ2) is 7.20. The molecule has 0 saturated carbocycles. The molecule has 0 aliphatic rings. The van der Waals surface area contributed by atoms with Crippen LogP contribution >= 0.6 is 0 Å². The summed E-state index contributed by atoms with van der Waals surface area (Å²) in [5.41, 5.74) is 1.77. The van der Waals surface area contributed by atoms with Crippen molar-refractivity contribution in [1.29, 1.82) is 5.26 Å². The van der Waals surface area contributed by atoms with Crippen molar-refractivity contribution < 1.29 is 8.42 Å². The maximum Gasteiger partial charge on any atom is 0.264 e. The van der Waals surface area contributed by atoms with Crippen molar-refractivity contribution >= 4 is 15.7 Å². The summed E-state index contributed by atoms with van der Waals surface area (Å²) in [6, 6.07) is 26.4. The van der Waals surface area contributed by atoms with Crippen molar-refractivity contribution in [3.05, 3.63) is 96.1 Å². The van der Waals surface area contributed by atoms with E-state index < -0.39 is 10.0 Å². The molecule has 0 radical (unpaired) electrons. The maximum absolute atomic E-state index is 13.2. The van der Waals surface area contributed by atoms with Crippen molar-refractivity contribution in [3.8, 4) is 6.07 Å². The summed E-state index contributed by atoms with van der Waals surface area (Å²) in [6.45, 7) is 0.212. The highest BCUT2D eigenvalue weighted by molar-refractivity contribution is 7.92. The van der Waals surface area contributed by atoms with Gasteiger partial charge in [0.25, 0.3) is 10.0 Å². The molecule has 0 atom stereocenters. The SMILES string of the molecule is N#Cc1cccc(S(=O)(=O)N(Cc2ccccc2)c2ccccc2)c1. The first-order chi connectivity index (χ1) is 12.1. The Morgan fingerprint density at radius 1 is 0.840 bits per heavy atom. The molecule has 124 valence electrons. The van der Waals surface area contributed by atoms with E-state index in [0.29, 0.717) is 11.3 Å². The molecule has 0 N–H and O–H groups in total. The van der Waals surface area contributed by atoms with Crippen molar-refractivity contribution in [2.75, 3.05) is 4.31 Å². The first kappa shape index (κ1) is 16.7. The molecule has 4 nitrogen and oxygen atoms in total. The van der Waals surface area contributed by atoms with E-state index >= 15 is 0 Å². The minimum absolute atomic E-state index is 0.103. The molecule has 0 aliphatic carbocycles. The van der Waals surface area contributed by atoms with Crippen LogP contribution in [0, 0.1) is 11.3 Å². The molecule has 0 bridgehead atoms. The Morgan fingerprint density at radius 3 is 2.12 bits per heavy atom. The van der Waals surface area contributed by atoms with E-state index in [9.17, 15) is 8.42 Å². The highest BCUT2D eigenvalue weighted by Crippen LogP contribution is 2.26. The van der Waals surface area contributed by atoms with Gasteiger partial charge < -0.3 is 0 Å². The van der Waals surface area contributed by atoms with Crippen LogP contribution in [-0.4, -0.2) is 8.42 Å². The van der Waals surface area contributed by atoms with E-state index in [1.165, 1.54) is 16.4 Å². The molecule has 0 aromatic heterocycles. The zero-order chi connectivity index (χ0) is 17.7. The molecule has 0 fully saturated rings. The van der Waals surface area contributed by atoms with Crippen LogP contribution in [0.25, 0.3) is 0 Å². The lowest BCUT2D eigenvalue weighted by molar-refractivity contribution is 0.590. The van der Waals surface area contributed by atoms with Gasteiger partial charge >= 0.3 is 0 Å². The fraction of sp³-hybridized carbons (Fsp3) is 0.0500. The molecule has 0 unspecified atom stereocenters. The molecule has 3 aromatic rings. The van der Waals surface area contributed by atoms with E-state index in [0.717, 1.165) is 5.56 Å². The van der Waals surface area contributed by atoms with E-state index in [2.05, 4.69) is 0 Å². The monoisotopic (exact) mass is 348 g/mol. The van der Waals surface area contributed by atoms with E-state index in [4.69, 9.17) is 5.26 Å². The van der Waals surface area contributed by atoms with Gasteiger partial charge in [-0.05, 0) is 35.9 Å². The number of para-hydroxylation sites is 1. The van der Waals surface area contributed by atoms with Gasteiger partial charge in [0.05, 0.1) is 28.8 Å². The largest absolute Gasteiger partial charge is 0.264 e. The smallest absolute Gasteiger partial charge is 0.262 e. The van der Waals surface area contributed by atoms with Gasteiger partial charge in [-0.15, -0.1) is 0 Å². The first-order valence-corrected chi connectivity index (χ1v) is 9.17. The summed E-state index contributed by atoms with van der Waals surface area (Å²) in [5.74, 6) is 0. The standard InChI is InChI=1S/C20H16N2O2S/c21-15-18-10-7-13-20(14-18)25(23,24)22(19-11-5-2-6-12-19)16-17-8-3-1-4-9-17/h1-14H,16H2. The second-order valence-electron chi connectivity index (χ2n) is 5.47. The molecule has 0 amide bonds. The Kier molecular flexibility index (Phi) is 4.82. The van der Waals surface area contributed by atoms with E-state index in [1.807, 2.05) is 42.5 Å². The Morgan fingerprint density at radius 2 is 1.48 bits per heavy atom. The lowest BCUT2D eigenvalue weighted by Crippen LogP contribution is -2.30. The number of nitrogens with zero attached hydrogens (tertiary/aromatic N) is 2. The molecule has 3 rings (SSSR count). The van der Waals surface area contributed by atoms with Crippen LogP contribution in [-0.2, 0) is 16.6 Å². The third-order valence-electron chi connectivity index (χ3n) is 3.76. The summed E-state index contributed by atoms with van der Waals surface area (Å²) in [5, 5.41) is 9.06. The third-order valence-corrected chi connectivity index (χ3v) is 5.53. The van der Waals surface area contributed by atoms with Crippen LogP contribution in [0.4, 0.5) is 5.69 Å². The van der Waals surface area contributed by atoms with Gasteiger partial charge in [-0.25, -0.2) is 8.42 Å². The molecule has 0 aliphatic heterocycles. The summed E-state index contributed by atoms with van der Waals surface area (Å²) < 4.78 is 27.8. The van der Waals surface area contributed by atoms with Crippen LogP contribution in [0.5, 0.6) is 0 Å². The van der Waals surface area contributed by atoms with Crippen LogP contribution in [0.2, 0.25) is 0 Å². The normalized spacial score (nSPS) is 10.8. The lowest BCUT2D eigenvalue weighted by atomic mass is 10.2. The summed E-state index contributed by atoms with van der Waals surface area (Å²) in [6.07, 6.45) is 0. The quantitative estimate of drug-likeness (QED) is 0.701. The average Bonchev–Trinajstić information content (AvgIpc) is 2.67. The average molecular weight is 348 g/mol.